The van der Waals surface area contributed by atoms with E-state index in [0.717, 1.165) is 17.0 Å². The van der Waals surface area contributed by atoms with E-state index in [9.17, 15) is 34.8 Å². The first-order valence-corrected chi connectivity index (χ1v) is 14.1. The minimum atomic E-state index is -5.90. The lowest BCUT2D eigenvalue weighted by atomic mass is 10.2. The Kier molecular flexibility index (Phi) is 9.97. The maximum absolute atomic E-state index is 13.3. The average Bonchev–Trinajstić information content (AvgIpc) is 2.79. The highest BCUT2D eigenvalue weighted by atomic mass is 32.2. The second-order valence-corrected chi connectivity index (χ2v) is 11.8. The standard InChI is InChI=1S/C20H25F3N4O5S3/c1-25-19(28)12-26-10-9-14(13-33-15-5-3-2-4-6-15)27-17-8-7-16(35(24,31)32)11-18(17)34(29,30)20(21,22)23/h2-8,11,14,26-27H,9-10,12-13H2,1H3,(H,25,28)(H2,24,31,32)/t14-/m1/s1. The molecule has 35 heavy (non-hydrogen) atoms. The van der Waals surface area contributed by atoms with Gasteiger partial charge in [-0.15, -0.1) is 11.8 Å². The van der Waals surface area contributed by atoms with Gasteiger partial charge in [0.15, 0.2) is 0 Å². The predicted molar refractivity (Wildman–Crippen MR) is 127 cm³/mol. The number of nitrogens with one attached hydrogen (secondary N) is 3. The Balaban J connectivity index is 2.37. The molecule has 194 valence electrons. The smallest absolute Gasteiger partial charge is 0.380 e. The summed E-state index contributed by atoms with van der Waals surface area (Å²) in [6.07, 6.45) is 0.305. The maximum Gasteiger partial charge on any atom is 0.501 e. The van der Waals surface area contributed by atoms with Gasteiger partial charge in [0.1, 0.15) is 4.90 Å². The summed E-state index contributed by atoms with van der Waals surface area (Å²) in [6.45, 7) is 0.308. The molecule has 0 saturated carbocycles. The lowest BCUT2D eigenvalue weighted by Crippen LogP contribution is -2.35. The summed E-state index contributed by atoms with van der Waals surface area (Å²) in [7, 11) is -8.89. The minimum absolute atomic E-state index is 0.0197. The quantitative estimate of drug-likeness (QED) is 0.230. The van der Waals surface area contributed by atoms with Crippen LogP contribution in [-0.2, 0) is 24.7 Å². The number of hydrogen-bond acceptors (Lipinski definition) is 8. The van der Waals surface area contributed by atoms with Crippen LogP contribution in [0.2, 0.25) is 0 Å². The van der Waals surface area contributed by atoms with E-state index in [2.05, 4.69) is 16.0 Å². The molecule has 0 aromatic heterocycles. The Morgan fingerprint density at radius 1 is 1.09 bits per heavy atom. The molecule has 0 saturated heterocycles. The Morgan fingerprint density at radius 2 is 1.74 bits per heavy atom. The second-order valence-electron chi connectivity index (χ2n) is 7.26. The summed E-state index contributed by atoms with van der Waals surface area (Å²) in [5.41, 5.74) is -6.08. The summed E-state index contributed by atoms with van der Waals surface area (Å²) in [4.78, 5) is 10.3. The highest BCUT2D eigenvalue weighted by Crippen LogP contribution is 2.36. The Bertz CT molecular complexity index is 1220. The first-order valence-electron chi connectivity index (χ1n) is 10.1. The molecule has 0 radical (unpaired) electrons. The van der Waals surface area contributed by atoms with Gasteiger partial charge in [0.2, 0.25) is 15.9 Å². The number of carbonyl (C=O) groups excluding carboxylic acids is 1. The lowest BCUT2D eigenvalue weighted by Gasteiger charge is -2.23. The zero-order valence-corrected chi connectivity index (χ0v) is 21.0. The van der Waals surface area contributed by atoms with Crippen LogP contribution in [0.15, 0.2) is 63.2 Å². The molecule has 15 heteroatoms. The number of likely N-dealkylation sites (N-methyl/N-ethyl adjacent to an activating group) is 1. The summed E-state index contributed by atoms with van der Waals surface area (Å²) in [5.74, 6) is 0.0685. The number of anilines is 1. The van der Waals surface area contributed by atoms with Crippen molar-refractivity contribution in [1.29, 1.82) is 0 Å². The normalized spacial score (nSPS) is 13.3. The van der Waals surface area contributed by atoms with Crippen molar-refractivity contribution in [1.82, 2.24) is 10.6 Å². The maximum atomic E-state index is 13.3. The number of halogens is 3. The number of amides is 1. The number of carbonyl (C=O) groups is 1. The van der Waals surface area contributed by atoms with Crippen LogP contribution in [0.1, 0.15) is 6.42 Å². The molecule has 0 heterocycles. The van der Waals surface area contributed by atoms with Gasteiger partial charge in [-0.1, -0.05) is 18.2 Å². The number of alkyl halides is 3. The molecule has 5 N–H and O–H groups in total. The first kappa shape index (κ1) is 28.9. The van der Waals surface area contributed by atoms with E-state index in [1.54, 1.807) is 0 Å². The largest absolute Gasteiger partial charge is 0.501 e. The highest BCUT2D eigenvalue weighted by Gasteiger charge is 2.48. The fraction of sp³-hybridized carbons (Fsp3) is 0.350. The summed E-state index contributed by atoms with van der Waals surface area (Å²) in [5, 5.41) is 13.1. The minimum Gasteiger partial charge on any atom is -0.380 e. The number of sulfonamides is 1. The Morgan fingerprint density at radius 3 is 2.31 bits per heavy atom. The van der Waals surface area contributed by atoms with Gasteiger partial charge in [0.25, 0.3) is 9.84 Å². The molecule has 0 aliphatic heterocycles. The molecule has 0 fully saturated rings. The zero-order chi connectivity index (χ0) is 26.3. The van der Waals surface area contributed by atoms with Gasteiger partial charge in [0.05, 0.1) is 17.1 Å². The Hall–Kier alpha value is -2.33. The molecule has 2 aromatic carbocycles. The van der Waals surface area contributed by atoms with Crippen LogP contribution in [0, 0.1) is 0 Å². The molecular weight excluding hydrogens is 529 g/mol. The van der Waals surface area contributed by atoms with Gasteiger partial charge < -0.3 is 16.0 Å². The van der Waals surface area contributed by atoms with E-state index >= 15 is 0 Å². The average molecular weight is 555 g/mol. The van der Waals surface area contributed by atoms with Gasteiger partial charge >= 0.3 is 5.51 Å². The molecule has 2 aromatic rings. The van der Waals surface area contributed by atoms with Gasteiger partial charge in [-0.25, -0.2) is 22.0 Å². The summed E-state index contributed by atoms with van der Waals surface area (Å²) >= 11 is 1.39. The number of hydrogen-bond donors (Lipinski definition) is 4. The monoisotopic (exact) mass is 554 g/mol. The van der Waals surface area contributed by atoms with Crippen LogP contribution < -0.4 is 21.1 Å². The summed E-state index contributed by atoms with van der Waals surface area (Å²) in [6, 6.07) is 10.8. The Labute approximate surface area is 206 Å². The SMILES string of the molecule is CNC(=O)CNCC[C@H](CSc1ccccc1)Nc1ccc(S(N)(=O)=O)cc1S(=O)(=O)C(F)(F)F. The van der Waals surface area contributed by atoms with Crippen molar-refractivity contribution in [2.24, 2.45) is 5.14 Å². The molecule has 0 aliphatic rings. The van der Waals surface area contributed by atoms with Crippen LogP contribution >= 0.6 is 11.8 Å². The number of rotatable bonds is 12. The highest BCUT2D eigenvalue weighted by molar-refractivity contribution is 7.99. The number of benzene rings is 2. The van der Waals surface area contributed by atoms with E-state index in [4.69, 9.17) is 5.14 Å². The van der Waals surface area contributed by atoms with E-state index < -0.39 is 46.9 Å². The number of primary sulfonamides is 1. The van der Waals surface area contributed by atoms with Crippen LogP contribution in [0.4, 0.5) is 18.9 Å². The van der Waals surface area contributed by atoms with Gasteiger partial charge in [-0.2, -0.15) is 13.2 Å². The van der Waals surface area contributed by atoms with Crippen molar-refractivity contribution in [2.75, 3.05) is 31.2 Å². The third kappa shape index (κ3) is 8.38. The van der Waals surface area contributed by atoms with E-state index in [1.165, 1.54) is 18.8 Å². The van der Waals surface area contributed by atoms with Crippen LogP contribution in [0.5, 0.6) is 0 Å². The lowest BCUT2D eigenvalue weighted by molar-refractivity contribution is -0.119. The topological polar surface area (TPSA) is 147 Å². The molecule has 0 aliphatic carbocycles. The predicted octanol–water partition coefficient (Wildman–Crippen LogP) is 1.93. The molecule has 0 unspecified atom stereocenters. The van der Waals surface area contributed by atoms with Crippen molar-refractivity contribution >= 4 is 43.2 Å². The van der Waals surface area contributed by atoms with Crippen molar-refractivity contribution in [2.45, 2.75) is 32.7 Å². The van der Waals surface area contributed by atoms with Crippen molar-refractivity contribution in [3.8, 4) is 0 Å². The first-order chi connectivity index (χ1) is 16.3. The van der Waals surface area contributed by atoms with Crippen molar-refractivity contribution in [3.05, 3.63) is 48.5 Å². The third-order valence-electron chi connectivity index (χ3n) is 4.66. The molecule has 0 bridgehead atoms. The molecule has 2 rings (SSSR count). The molecule has 1 amide bonds. The number of nitrogens with two attached hydrogens (primary N) is 1. The summed E-state index contributed by atoms with van der Waals surface area (Å²) < 4.78 is 87.8. The molecule has 1 atom stereocenters. The van der Waals surface area contributed by atoms with Gasteiger partial charge in [-0.3, -0.25) is 4.79 Å². The third-order valence-corrected chi connectivity index (χ3v) is 8.28. The number of thioether (sulfide) groups is 1. The van der Waals surface area contributed by atoms with Crippen molar-refractivity contribution in [3.63, 3.8) is 0 Å². The molecule has 9 nitrogen and oxygen atoms in total. The van der Waals surface area contributed by atoms with Crippen LogP contribution in [0.25, 0.3) is 0 Å². The number of sulfone groups is 1. The zero-order valence-electron chi connectivity index (χ0n) is 18.5. The van der Waals surface area contributed by atoms with Crippen LogP contribution in [-0.4, -0.2) is 60.2 Å². The fourth-order valence-corrected chi connectivity index (χ4v) is 5.40. The molecule has 0 spiro atoms. The second kappa shape index (κ2) is 12.1. The van der Waals surface area contributed by atoms with Crippen molar-refractivity contribution < 1.29 is 34.8 Å². The molecular formula is C20H25F3N4O5S3. The van der Waals surface area contributed by atoms with E-state index in [-0.39, 0.29) is 19.0 Å². The van der Waals surface area contributed by atoms with E-state index in [1.807, 2.05) is 30.3 Å². The fourth-order valence-electron chi connectivity index (χ4n) is 2.84. The van der Waals surface area contributed by atoms with E-state index in [0.29, 0.717) is 18.2 Å². The van der Waals surface area contributed by atoms with Gasteiger partial charge in [0, 0.05) is 23.7 Å². The van der Waals surface area contributed by atoms with Gasteiger partial charge in [-0.05, 0) is 43.3 Å². The van der Waals surface area contributed by atoms with Crippen LogP contribution in [0.3, 0.4) is 0 Å².